The van der Waals surface area contributed by atoms with Gasteiger partial charge < -0.3 is 49.6 Å². The van der Waals surface area contributed by atoms with Gasteiger partial charge >= 0.3 is 49.0 Å². The average molecular weight is 266 g/mol. The normalized spacial score (nSPS) is 0. The van der Waals surface area contributed by atoms with E-state index in [0.717, 1.165) is 0 Å². The monoisotopic (exact) mass is 265 g/mol. The second-order valence-corrected chi connectivity index (χ2v) is 0. The van der Waals surface area contributed by atoms with E-state index in [1.165, 1.54) is 0 Å². The van der Waals surface area contributed by atoms with Gasteiger partial charge in [0.1, 0.15) is 0 Å². The van der Waals surface area contributed by atoms with Crippen molar-refractivity contribution < 1.29 is 98.7 Å². The standard InChI is InChI=1S/4ClH.Na.Ru/h4*1H;;/q;;;;+1;+3/p-4. The number of rotatable bonds is 0. The minimum absolute atomic E-state index is 0. The number of halogens is 4. The van der Waals surface area contributed by atoms with Crippen molar-refractivity contribution in [2.45, 2.75) is 0 Å². The van der Waals surface area contributed by atoms with E-state index in [4.69, 9.17) is 0 Å². The van der Waals surface area contributed by atoms with Crippen LogP contribution in [0.15, 0.2) is 0 Å². The van der Waals surface area contributed by atoms with Crippen LogP contribution in [0, 0.1) is 0 Å². The largest absolute Gasteiger partial charge is 3.00 e. The Morgan fingerprint density at radius 1 is 0.500 bits per heavy atom. The topological polar surface area (TPSA) is 0 Å². The maximum atomic E-state index is 0. The van der Waals surface area contributed by atoms with Crippen LogP contribution in [-0.4, -0.2) is 0 Å². The van der Waals surface area contributed by atoms with Gasteiger partial charge in [-0.15, -0.1) is 0 Å². The van der Waals surface area contributed by atoms with E-state index in [0.29, 0.717) is 0 Å². The van der Waals surface area contributed by atoms with Crippen molar-refractivity contribution >= 4 is 0 Å². The first kappa shape index (κ1) is 68.7. The molecule has 0 rings (SSSR count). The smallest absolute Gasteiger partial charge is 1.00 e. The molecule has 0 heterocycles. The van der Waals surface area contributed by atoms with Crippen molar-refractivity contribution in [1.29, 1.82) is 0 Å². The summed E-state index contributed by atoms with van der Waals surface area (Å²) in [6.07, 6.45) is 0. The fourth-order valence-electron chi connectivity index (χ4n) is 0. The molecular weight excluding hydrogens is 266 g/mol. The van der Waals surface area contributed by atoms with Gasteiger partial charge in [-0.3, -0.25) is 0 Å². The Balaban J connectivity index is 0. The van der Waals surface area contributed by atoms with Crippen LogP contribution >= 0.6 is 0 Å². The van der Waals surface area contributed by atoms with Crippen molar-refractivity contribution in [3.63, 3.8) is 0 Å². The van der Waals surface area contributed by atoms with Crippen LogP contribution in [0.1, 0.15) is 0 Å². The third-order valence-corrected chi connectivity index (χ3v) is 0. The van der Waals surface area contributed by atoms with Crippen LogP contribution in [0.3, 0.4) is 0 Å². The van der Waals surface area contributed by atoms with Crippen LogP contribution in [0.5, 0.6) is 0 Å². The minimum atomic E-state index is 0. The zero-order valence-electron chi connectivity index (χ0n) is 2.87. The Bertz CT molecular complexity index is 7.51. The molecule has 0 atom stereocenters. The van der Waals surface area contributed by atoms with Crippen LogP contribution < -0.4 is 79.2 Å². The molecule has 0 nitrogen and oxygen atoms in total. The first-order valence-corrected chi connectivity index (χ1v) is 0. The molecule has 0 aliphatic carbocycles. The van der Waals surface area contributed by atoms with Crippen LogP contribution in [0.25, 0.3) is 0 Å². The molecule has 0 aromatic heterocycles. The molecule has 0 bridgehead atoms. The summed E-state index contributed by atoms with van der Waals surface area (Å²) in [6.45, 7) is 0. The molecule has 0 aromatic carbocycles. The molecule has 0 aromatic rings. The SMILES string of the molecule is [Cl-].[Cl-].[Cl-].[Cl-].[Na+].[Ru+3]. The molecule has 0 aliphatic rings. The minimum Gasteiger partial charge on any atom is -1.00 e. The van der Waals surface area contributed by atoms with Gasteiger partial charge in [-0.2, -0.15) is 0 Å². The molecular formula is Cl4NaRu. The summed E-state index contributed by atoms with van der Waals surface area (Å²) in [7, 11) is 0. The summed E-state index contributed by atoms with van der Waals surface area (Å²) in [4.78, 5) is 0. The third kappa shape index (κ3) is 29.3. The molecule has 37 valence electrons. The quantitative estimate of drug-likeness (QED) is 0.382. The Kier molecular flexibility index (Phi) is 529. The van der Waals surface area contributed by atoms with Crippen LogP contribution in [0.2, 0.25) is 0 Å². The van der Waals surface area contributed by atoms with Crippen molar-refractivity contribution in [3.05, 3.63) is 0 Å². The van der Waals surface area contributed by atoms with Gasteiger partial charge in [0.05, 0.1) is 0 Å². The summed E-state index contributed by atoms with van der Waals surface area (Å²) < 4.78 is 0. The first-order valence-electron chi connectivity index (χ1n) is 0. The van der Waals surface area contributed by atoms with Crippen molar-refractivity contribution in [2.75, 3.05) is 0 Å². The fraction of sp³-hybridized carbons (Fsp3) is 0. The van der Waals surface area contributed by atoms with Crippen LogP contribution in [-0.2, 0) is 19.5 Å². The summed E-state index contributed by atoms with van der Waals surface area (Å²) in [6, 6.07) is 0. The maximum Gasteiger partial charge on any atom is 3.00 e. The van der Waals surface area contributed by atoms with Gasteiger partial charge in [-0.1, -0.05) is 0 Å². The first-order chi connectivity index (χ1) is 0. The van der Waals surface area contributed by atoms with Gasteiger partial charge in [0.2, 0.25) is 0 Å². The van der Waals surface area contributed by atoms with Crippen LogP contribution in [0.4, 0.5) is 0 Å². The number of hydrogen-bond acceptors (Lipinski definition) is 0. The molecule has 0 N–H and O–H groups in total. The molecule has 6 heteroatoms. The molecule has 0 aliphatic heterocycles. The molecule has 0 unspecified atom stereocenters. The maximum absolute atomic E-state index is 0. The van der Waals surface area contributed by atoms with E-state index >= 15 is 0 Å². The molecule has 6 heavy (non-hydrogen) atoms. The predicted molar refractivity (Wildman–Crippen MR) is 0 cm³/mol. The van der Waals surface area contributed by atoms with Gasteiger partial charge in [0.25, 0.3) is 0 Å². The Morgan fingerprint density at radius 2 is 0.500 bits per heavy atom. The van der Waals surface area contributed by atoms with E-state index in [9.17, 15) is 0 Å². The van der Waals surface area contributed by atoms with Gasteiger partial charge in [-0.25, -0.2) is 0 Å². The molecule has 0 spiro atoms. The molecule has 0 fully saturated rings. The Labute approximate surface area is 97.3 Å². The number of hydrogen-bond donors (Lipinski definition) is 0. The molecule has 0 saturated carbocycles. The molecule has 0 saturated heterocycles. The van der Waals surface area contributed by atoms with E-state index in [-0.39, 0.29) is 98.7 Å². The van der Waals surface area contributed by atoms with E-state index < -0.39 is 0 Å². The average Bonchev–Trinajstić information content (AvgIpc) is 0. The summed E-state index contributed by atoms with van der Waals surface area (Å²) in [5, 5.41) is 0. The zero-order valence-corrected chi connectivity index (χ0v) is 9.63. The third-order valence-electron chi connectivity index (χ3n) is 0. The zero-order chi connectivity index (χ0) is 0. The van der Waals surface area contributed by atoms with Crippen molar-refractivity contribution in [1.82, 2.24) is 0 Å². The van der Waals surface area contributed by atoms with Crippen molar-refractivity contribution in [3.8, 4) is 0 Å². The van der Waals surface area contributed by atoms with Crippen molar-refractivity contribution in [2.24, 2.45) is 0 Å². The van der Waals surface area contributed by atoms with Gasteiger partial charge in [0.15, 0.2) is 0 Å². The molecule has 0 amide bonds. The Morgan fingerprint density at radius 3 is 0.500 bits per heavy atom. The summed E-state index contributed by atoms with van der Waals surface area (Å²) >= 11 is 0. The summed E-state index contributed by atoms with van der Waals surface area (Å²) in [5.74, 6) is 0. The molecule has 1 radical (unpaired) electrons. The second kappa shape index (κ2) is 46.2. The predicted octanol–water partition coefficient (Wildman–Crippen LogP) is -15.0. The van der Waals surface area contributed by atoms with Gasteiger partial charge in [-0.05, 0) is 0 Å². The second-order valence-electron chi connectivity index (χ2n) is 0. The fourth-order valence-corrected chi connectivity index (χ4v) is 0. The van der Waals surface area contributed by atoms with Gasteiger partial charge in [0, 0.05) is 0 Å². The summed E-state index contributed by atoms with van der Waals surface area (Å²) in [5.41, 5.74) is 0. The Hall–Kier alpha value is 2.78. The van der Waals surface area contributed by atoms with E-state index in [1.54, 1.807) is 0 Å². The van der Waals surface area contributed by atoms with E-state index in [1.807, 2.05) is 0 Å². The van der Waals surface area contributed by atoms with E-state index in [2.05, 4.69) is 0 Å².